The number of anilines is 2. The van der Waals surface area contributed by atoms with Crippen LogP contribution in [-0.4, -0.2) is 26.3 Å². The van der Waals surface area contributed by atoms with E-state index in [1.807, 2.05) is 0 Å². The highest BCUT2D eigenvalue weighted by atomic mass is 16.6. The standard InChI is InChI=1S/C14H18N6O/c15-11-12(18-14-13(17-11)19-21-20-14)16-10-8-2-6-1-7(4-8)5-9(10)3-6/h6-10H,1-5H2,(H2,15,17,19)(H,16,18,20). The number of rotatable bonds is 2. The van der Waals surface area contributed by atoms with Crippen molar-refractivity contribution < 1.29 is 4.63 Å². The fourth-order valence-electron chi connectivity index (χ4n) is 5.08. The van der Waals surface area contributed by atoms with E-state index in [2.05, 4.69) is 30.2 Å². The van der Waals surface area contributed by atoms with Crippen LogP contribution >= 0.6 is 0 Å². The van der Waals surface area contributed by atoms with Crippen molar-refractivity contribution in [2.24, 2.45) is 23.7 Å². The van der Waals surface area contributed by atoms with Gasteiger partial charge in [0.15, 0.2) is 11.6 Å². The molecule has 0 saturated heterocycles. The molecule has 0 atom stereocenters. The minimum Gasteiger partial charge on any atom is -0.381 e. The van der Waals surface area contributed by atoms with Gasteiger partial charge in [-0.05, 0) is 66.1 Å². The van der Waals surface area contributed by atoms with E-state index in [-0.39, 0.29) is 0 Å². The fourth-order valence-corrected chi connectivity index (χ4v) is 5.08. The minimum atomic E-state index is 0.364. The Morgan fingerprint density at radius 1 is 0.905 bits per heavy atom. The second-order valence-corrected chi connectivity index (χ2v) is 6.97. The molecule has 0 aliphatic heterocycles. The lowest BCUT2D eigenvalue weighted by Crippen LogP contribution is -2.51. The molecule has 21 heavy (non-hydrogen) atoms. The van der Waals surface area contributed by atoms with Crippen LogP contribution in [-0.2, 0) is 0 Å². The first-order valence-corrected chi connectivity index (χ1v) is 7.78. The highest BCUT2D eigenvalue weighted by Crippen LogP contribution is 2.54. The van der Waals surface area contributed by atoms with Gasteiger partial charge >= 0.3 is 0 Å². The largest absolute Gasteiger partial charge is 0.381 e. The van der Waals surface area contributed by atoms with Crippen LogP contribution in [0.3, 0.4) is 0 Å². The predicted molar refractivity (Wildman–Crippen MR) is 76.3 cm³/mol. The highest BCUT2D eigenvalue weighted by molar-refractivity contribution is 5.72. The Morgan fingerprint density at radius 2 is 1.52 bits per heavy atom. The molecule has 2 aromatic rings. The maximum atomic E-state index is 6.00. The summed E-state index contributed by atoms with van der Waals surface area (Å²) in [6, 6.07) is 0.478. The highest BCUT2D eigenvalue weighted by Gasteiger charge is 2.48. The lowest BCUT2D eigenvalue weighted by atomic mass is 9.54. The van der Waals surface area contributed by atoms with Crippen LogP contribution in [0.25, 0.3) is 11.3 Å². The van der Waals surface area contributed by atoms with E-state index in [0.29, 0.717) is 29.0 Å². The molecule has 4 fully saturated rings. The lowest BCUT2D eigenvalue weighted by Gasteiger charge is -2.54. The number of hydrogen-bond acceptors (Lipinski definition) is 7. The van der Waals surface area contributed by atoms with E-state index in [9.17, 15) is 0 Å². The molecule has 0 radical (unpaired) electrons. The van der Waals surface area contributed by atoms with Gasteiger partial charge in [-0.15, -0.1) is 0 Å². The van der Waals surface area contributed by atoms with Gasteiger partial charge in [-0.25, -0.2) is 14.6 Å². The maximum Gasteiger partial charge on any atom is 0.245 e. The number of aromatic nitrogens is 4. The molecule has 4 aliphatic carbocycles. The van der Waals surface area contributed by atoms with Crippen LogP contribution < -0.4 is 11.1 Å². The van der Waals surface area contributed by atoms with Gasteiger partial charge in [-0.1, -0.05) is 0 Å². The number of hydrogen-bond donors (Lipinski definition) is 2. The van der Waals surface area contributed by atoms with Crippen molar-refractivity contribution in [2.75, 3.05) is 11.1 Å². The Morgan fingerprint density at radius 3 is 2.19 bits per heavy atom. The van der Waals surface area contributed by atoms with Crippen molar-refractivity contribution >= 4 is 22.9 Å². The summed E-state index contributed by atoms with van der Waals surface area (Å²) in [5, 5.41) is 11.0. The third-order valence-corrected chi connectivity index (χ3v) is 5.67. The summed E-state index contributed by atoms with van der Waals surface area (Å²) < 4.78 is 4.65. The maximum absolute atomic E-state index is 6.00. The minimum absolute atomic E-state index is 0.364. The van der Waals surface area contributed by atoms with Crippen molar-refractivity contribution in [3.63, 3.8) is 0 Å². The number of nitrogens with zero attached hydrogens (tertiary/aromatic N) is 4. The zero-order valence-electron chi connectivity index (χ0n) is 11.7. The normalized spacial score (nSPS) is 37.2. The Balaban J connectivity index is 1.47. The van der Waals surface area contributed by atoms with Crippen LogP contribution in [0.4, 0.5) is 11.6 Å². The quantitative estimate of drug-likeness (QED) is 0.868. The molecule has 0 unspecified atom stereocenters. The van der Waals surface area contributed by atoms with Gasteiger partial charge in [0.1, 0.15) is 0 Å². The van der Waals surface area contributed by atoms with Gasteiger partial charge < -0.3 is 11.1 Å². The topological polar surface area (TPSA) is 103 Å². The predicted octanol–water partition coefficient (Wildman–Crippen LogP) is 1.83. The van der Waals surface area contributed by atoms with Gasteiger partial charge in [-0.2, -0.15) is 0 Å². The summed E-state index contributed by atoms with van der Waals surface area (Å²) in [6.45, 7) is 0. The molecule has 0 spiro atoms. The first-order valence-electron chi connectivity index (χ1n) is 7.78. The third-order valence-electron chi connectivity index (χ3n) is 5.67. The zero-order valence-corrected chi connectivity index (χ0v) is 11.7. The molecule has 2 heterocycles. The Labute approximate surface area is 121 Å². The monoisotopic (exact) mass is 286 g/mol. The number of nitrogens with two attached hydrogens (primary N) is 1. The van der Waals surface area contributed by atoms with Gasteiger partial charge in [0, 0.05) is 6.04 Å². The molecule has 4 bridgehead atoms. The summed E-state index contributed by atoms with van der Waals surface area (Å²) in [5.41, 5.74) is 6.78. The van der Waals surface area contributed by atoms with Gasteiger partial charge in [0.05, 0.1) is 0 Å². The van der Waals surface area contributed by atoms with Gasteiger partial charge in [-0.3, -0.25) is 0 Å². The second-order valence-electron chi connectivity index (χ2n) is 6.97. The molecule has 4 saturated carbocycles. The van der Waals surface area contributed by atoms with Crippen molar-refractivity contribution in [3.05, 3.63) is 0 Å². The molecule has 7 heteroatoms. The van der Waals surface area contributed by atoms with Crippen LogP contribution in [0.1, 0.15) is 32.1 Å². The SMILES string of the molecule is Nc1nc2nonc2nc1NC1C2CC3CC(C2)CC1C3. The Bertz CT molecular complexity index is 670. The van der Waals surface area contributed by atoms with Crippen molar-refractivity contribution in [1.82, 2.24) is 20.3 Å². The lowest BCUT2D eigenvalue weighted by molar-refractivity contribution is 0.00744. The van der Waals surface area contributed by atoms with Gasteiger partial charge in [0.2, 0.25) is 11.3 Å². The Hall–Kier alpha value is -1.92. The number of nitrogen functional groups attached to an aromatic ring is 1. The smallest absolute Gasteiger partial charge is 0.245 e. The Kier molecular flexibility index (Phi) is 2.26. The van der Waals surface area contributed by atoms with E-state index >= 15 is 0 Å². The van der Waals surface area contributed by atoms with E-state index in [1.54, 1.807) is 0 Å². The molecular formula is C14H18N6O. The summed E-state index contributed by atoms with van der Waals surface area (Å²) >= 11 is 0. The molecule has 3 N–H and O–H groups in total. The second kappa shape index (κ2) is 4.05. The fraction of sp³-hybridized carbons (Fsp3) is 0.714. The average Bonchev–Trinajstić information content (AvgIpc) is 2.89. The number of nitrogens with one attached hydrogen (secondary N) is 1. The molecule has 2 aromatic heterocycles. The summed E-state index contributed by atoms with van der Waals surface area (Å²) in [6.07, 6.45) is 6.87. The molecule has 110 valence electrons. The van der Waals surface area contributed by atoms with E-state index < -0.39 is 0 Å². The third kappa shape index (κ3) is 1.72. The van der Waals surface area contributed by atoms with Crippen molar-refractivity contribution in [3.8, 4) is 0 Å². The summed E-state index contributed by atoms with van der Waals surface area (Å²) in [7, 11) is 0. The summed E-state index contributed by atoms with van der Waals surface area (Å²) in [5.74, 6) is 4.44. The first kappa shape index (κ1) is 11.7. The first-order chi connectivity index (χ1) is 10.3. The number of fused-ring (bicyclic) bond motifs is 1. The molecule has 0 amide bonds. The van der Waals surface area contributed by atoms with Crippen LogP contribution in [0, 0.1) is 23.7 Å². The average molecular weight is 286 g/mol. The molecule has 6 rings (SSSR count). The van der Waals surface area contributed by atoms with E-state index in [1.165, 1.54) is 32.1 Å². The molecular weight excluding hydrogens is 268 g/mol. The molecule has 4 aliphatic rings. The zero-order chi connectivity index (χ0) is 14.0. The summed E-state index contributed by atoms with van der Waals surface area (Å²) in [4.78, 5) is 8.62. The van der Waals surface area contributed by atoms with E-state index in [4.69, 9.17) is 5.73 Å². The van der Waals surface area contributed by atoms with Crippen LogP contribution in [0.2, 0.25) is 0 Å². The van der Waals surface area contributed by atoms with Crippen LogP contribution in [0.15, 0.2) is 4.63 Å². The van der Waals surface area contributed by atoms with E-state index in [0.717, 1.165) is 23.7 Å². The van der Waals surface area contributed by atoms with Crippen molar-refractivity contribution in [2.45, 2.75) is 38.1 Å². The molecule has 0 aromatic carbocycles. The van der Waals surface area contributed by atoms with Crippen LogP contribution in [0.5, 0.6) is 0 Å². The van der Waals surface area contributed by atoms with Crippen molar-refractivity contribution in [1.29, 1.82) is 0 Å². The molecule has 7 nitrogen and oxygen atoms in total. The van der Waals surface area contributed by atoms with Gasteiger partial charge in [0.25, 0.3) is 0 Å².